The Morgan fingerprint density at radius 3 is 2.44 bits per heavy atom. The van der Waals surface area contributed by atoms with Gasteiger partial charge >= 0.3 is 6.18 Å². The number of halogens is 5. The molecule has 0 aliphatic carbocycles. The third kappa shape index (κ3) is 4.29. The van der Waals surface area contributed by atoms with E-state index in [9.17, 15) is 31.5 Å². The molecule has 0 bridgehead atoms. The standard InChI is InChI=1S/C22H22F5N3O4/c1-9-7-11(8-14(29-9)19(28)31)30-20(32)18-15(10(2)21(3,34-18)22(25,26)27)12-5-6-13(23)16(24)17(12)33-4/h5-8,10,15,18H,1-4H3,(H2,28,31)(H,29,30,32)/t10-,15-,18+,21-/m0/s1. The molecule has 2 aromatic rings. The van der Waals surface area contributed by atoms with Gasteiger partial charge < -0.3 is 20.5 Å². The number of amides is 2. The van der Waals surface area contributed by atoms with Gasteiger partial charge in [0.25, 0.3) is 11.8 Å². The molecular weight excluding hydrogens is 465 g/mol. The van der Waals surface area contributed by atoms with E-state index in [2.05, 4.69) is 10.3 Å². The largest absolute Gasteiger partial charge is 0.493 e. The molecular formula is C22H22F5N3O4. The van der Waals surface area contributed by atoms with E-state index in [1.807, 2.05) is 0 Å². The topological polar surface area (TPSA) is 104 Å². The summed E-state index contributed by atoms with van der Waals surface area (Å²) in [6.07, 6.45) is -6.66. The first-order valence-corrected chi connectivity index (χ1v) is 10.1. The van der Waals surface area contributed by atoms with E-state index in [1.165, 1.54) is 19.9 Å². The van der Waals surface area contributed by atoms with E-state index in [-0.39, 0.29) is 16.9 Å². The van der Waals surface area contributed by atoms with E-state index in [1.54, 1.807) is 0 Å². The maximum Gasteiger partial charge on any atom is 0.417 e. The fourth-order valence-electron chi connectivity index (χ4n) is 4.12. The molecule has 12 heteroatoms. The maximum atomic E-state index is 14.4. The first kappa shape index (κ1) is 25.3. The van der Waals surface area contributed by atoms with Gasteiger partial charge in [0.05, 0.1) is 7.11 Å². The Hall–Kier alpha value is -3.28. The lowest BCUT2D eigenvalue weighted by Gasteiger charge is -2.32. The molecule has 2 heterocycles. The van der Waals surface area contributed by atoms with Crippen molar-refractivity contribution in [2.24, 2.45) is 11.7 Å². The van der Waals surface area contributed by atoms with Crippen LogP contribution in [-0.4, -0.2) is 41.8 Å². The van der Waals surface area contributed by atoms with Crippen molar-refractivity contribution in [1.29, 1.82) is 0 Å². The van der Waals surface area contributed by atoms with Crippen molar-refractivity contribution in [2.45, 2.75) is 44.6 Å². The van der Waals surface area contributed by atoms with Crippen molar-refractivity contribution >= 4 is 17.5 Å². The molecule has 3 N–H and O–H groups in total. The van der Waals surface area contributed by atoms with Crippen LogP contribution in [0.25, 0.3) is 0 Å². The fraction of sp³-hybridized carbons (Fsp3) is 0.409. The highest BCUT2D eigenvalue weighted by atomic mass is 19.4. The number of hydrogen-bond donors (Lipinski definition) is 2. The zero-order valence-corrected chi connectivity index (χ0v) is 18.6. The summed E-state index contributed by atoms with van der Waals surface area (Å²) in [5, 5.41) is 2.41. The smallest absolute Gasteiger partial charge is 0.417 e. The van der Waals surface area contributed by atoms with E-state index in [0.717, 1.165) is 32.2 Å². The molecule has 0 saturated carbocycles. The Balaban J connectivity index is 2.09. The molecule has 184 valence electrons. The number of hydrogen-bond acceptors (Lipinski definition) is 5. The number of aryl methyl sites for hydroxylation is 1. The molecule has 1 aromatic carbocycles. The summed E-state index contributed by atoms with van der Waals surface area (Å²) < 4.78 is 80.3. The second kappa shape index (κ2) is 8.82. The molecule has 2 amide bonds. The highest BCUT2D eigenvalue weighted by Crippen LogP contribution is 2.55. The van der Waals surface area contributed by atoms with Crippen LogP contribution < -0.4 is 15.8 Å². The van der Waals surface area contributed by atoms with Gasteiger partial charge in [-0.25, -0.2) is 9.37 Å². The van der Waals surface area contributed by atoms with Crippen LogP contribution in [0.3, 0.4) is 0 Å². The Bertz CT molecular complexity index is 1140. The molecule has 0 unspecified atom stereocenters. The van der Waals surface area contributed by atoms with Crippen LogP contribution in [0.5, 0.6) is 5.75 Å². The zero-order chi connectivity index (χ0) is 25.6. The highest BCUT2D eigenvalue weighted by Gasteiger charge is 2.65. The first-order valence-electron chi connectivity index (χ1n) is 10.1. The summed E-state index contributed by atoms with van der Waals surface area (Å²) in [6, 6.07) is 4.33. The number of rotatable bonds is 5. The molecule has 1 saturated heterocycles. The van der Waals surface area contributed by atoms with Crippen LogP contribution in [0.4, 0.5) is 27.6 Å². The summed E-state index contributed by atoms with van der Waals surface area (Å²) in [5.41, 5.74) is 2.45. The summed E-state index contributed by atoms with van der Waals surface area (Å²) in [6.45, 7) is 3.51. The van der Waals surface area contributed by atoms with Crippen molar-refractivity contribution in [3.05, 3.63) is 52.9 Å². The minimum atomic E-state index is -4.89. The van der Waals surface area contributed by atoms with E-state index in [0.29, 0.717) is 5.69 Å². The number of carbonyl (C=O) groups excluding carboxylic acids is 2. The molecule has 1 fully saturated rings. The number of primary amides is 1. The second-order valence-electron chi connectivity index (χ2n) is 8.18. The molecule has 4 atom stereocenters. The van der Waals surface area contributed by atoms with Crippen LogP contribution >= 0.6 is 0 Å². The van der Waals surface area contributed by atoms with Gasteiger partial charge in [0.1, 0.15) is 11.8 Å². The van der Waals surface area contributed by atoms with Gasteiger partial charge in [0.2, 0.25) is 5.82 Å². The quantitative estimate of drug-likeness (QED) is 0.624. The normalized spacial score (nSPS) is 24.7. The average molecular weight is 487 g/mol. The van der Waals surface area contributed by atoms with Crippen LogP contribution in [0.15, 0.2) is 24.3 Å². The third-order valence-electron chi connectivity index (χ3n) is 6.04. The van der Waals surface area contributed by atoms with Crippen LogP contribution in [0.1, 0.15) is 41.5 Å². The predicted octanol–water partition coefficient (Wildman–Crippen LogP) is 3.85. The van der Waals surface area contributed by atoms with Gasteiger partial charge in [0.15, 0.2) is 17.2 Å². The fourth-order valence-corrected chi connectivity index (χ4v) is 4.12. The van der Waals surface area contributed by atoms with Crippen LogP contribution in [0, 0.1) is 24.5 Å². The lowest BCUT2D eigenvalue weighted by Crippen LogP contribution is -2.47. The van der Waals surface area contributed by atoms with E-state index >= 15 is 0 Å². The van der Waals surface area contributed by atoms with Crippen LogP contribution in [0.2, 0.25) is 0 Å². The van der Waals surface area contributed by atoms with Gasteiger partial charge in [-0.1, -0.05) is 13.0 Å². The highest BCUT2D eigenvalue weighted by molar-refractivity contribution is 5.97. The van der Waals surface area contributed by atoms with Crippen molar-refractivity contribution < 1.29 is 41.0 Å². The summed E-state index contributed by atoms with van der Waals surface area (Å²) in [4.78, 5) is 28.5. The lowest BCUT2D eigenvalue weighted by molar-refractivity contribution is -0.272. The molecule has 0 radical (unpaired) electrons. The minimum absolute atomic E-state index is 0.0409. The molecule has 7 nitrogen and oxygen atoms in total. The number of benzene rings is 1. The number of nitrogens with zero attached hydrogens (tertiary/aromatic N) is 1. The van der Waals surface area contributed by atoms with Gasteiger partial charge in [0, 0.05) is 28.8 Å². The van der Waals surface area contributed by atoms with Crippen molar-refractivity contribution in [3.63, 3.8) is 0 Å². The molecule has 1 aliphatic heterocycles. The Morgan fingerprint density at radius 1 is 1.24 bits per heavy atom. The number of methoxy groups -OCH3 is 1. The summed E-state index contributed by atoms with van der Waals surface area (Å²) in [5.74, 6) is -7.93. The number of nitrogens with two attached hydrogens (primary N) is 1. The monoisotopic (exact) mass is 487 g/mol. The first-order chi connectivity index (χ1) is 15.7. The van der Waals surface area contributed by atoms with Gasteiger partial charge in [-0.2, -0.15) is 17.6 Å². The number of ether oxygens (including phenoxy) is 2. The van der Waals surface area contributed by atoms with Gasteiger partial charge in [-0.3, -0.25) is 9.59 Å². The Labute approximate surface area is 191 Å². The number of pyridine rings is 1. The zero-order valence-electron chi connectivity index (χ0n) is 18.6. The Kier molecular flexibility index (Phi) is 6.57. The van der Waals surface area contributed by atoms with Crippen molar-refractivity contribution in [2.75, 3.05) is 12.4 Å². The van der Waals surface area contributed by atoms with Crippen LogP contribution in [-0.2, 0) is 9.53 Å². The molecule has 1 aromatic heterocycles. The molecule has 34 heavy (non-hydrogen) atoms. The second-order valence-corrected chi connectivity index (χ2v) is 8.18. The Morgan fingerprint density at radius 2 is 1.88 bits per heavy atom. The maximum absolute atomic E-state index is 14.4. The third-order valence-corrected chi connectivity index (χ3v) is 6.04. The van der Waals surface area contributed by atoms with Crippen molar-refractivity contribution in [3.8, 4) is 5.75 Å². The molecule has 1 aliphatic rings. The van der Waals surface area contributed by atoms with E-state index in [4.69, 9.17) is 15.2 Å². The van der Waals surface area contributed by atoms with Gasteiger partial charge in [-0.05, 0) is 32.0 Å². The number of alkyl halides is 3. The van der Waals surface area contributed by atoms with E-state index < -0.39 is 58.9 Å². The van der Waals surface area contributed by atoms with Gasteiger partial charge in [-0.15, -0.1) is 0 Å². The number of carbonyl (C=O) groups is 2. The minimum Gasteiger partial charge on any atom is -0.493 e. The SMILES string of the molecule is COc1c([C@H]2[C@H](C(=O)Nc3cc(C)nc(C(N)=O)c3)O[C@](C)(C(F)(F)F)[C@H]2C)ccc(F)c1F. The van der Waals surface area contributed by atoms with Crippen molar-refractivity contribution in [1.82, 2.24) is 4.98 Å². The number of anilines is 1. The number of nitrogens with one attached hydrogen (secondary N) is 1. The summed E-state index contributed by atoms with van der Waals surface area (Å²) in [7, 11) is 1.03. The summed E-state index contributed by atoms with van der Waals surface area (Å²) >= 11 is 0. The average Bonchev–Trinajstić information content (AvgIpc) is 3.01. The number of aromatic nitrogens is 1. The lowest BCUT2D eigenvalue weighted by atomic mass is 9.77. The molecule has 3 rings (SSSR count). The molecule has 0 spiro atoms. The predicted molar refractivity (Wildman–Crippen MR) is 110 cm³/mol.